The highest BCUT2D eigenvalue weighted by molar-refractivity contribution is 7.95. The predicted octanol–water partition coefficient (Wildman–Crippen LogP) is 9.07. The van der Waals surface area contributed by atoms with Crippen molar-refractivity contribution in [3.05, 3.63) is 125 Å². The second-order valence-corrected chi connectivity index (χ2v) is 17.3. The molecule has 0 heterocycles. The van der Waals surface area contributed by atoms with Gasteiger partial charge in [-0.25, -0.2) is 0 Å². The minimum Gasteiger partial charge on any atom is -0.0622 e. The van der Waals surface area contributed by atoms with Crippen LogP contribution in [0, 0.1) is 0 Å². The van der Waals surface area contributed by atoms with Gasteiger partial charge in [-0.2, -0.15) is 0 Å². The zero-order valence-electron chi connectivity index (χ0n) is 25.0. The lowest BCUT2D eigenvalue weighted by Gasteiger charge is -2.30. The predicted molar refractivity (Wildman–Crippen MR) is 171 cm³/mol. The van der Waals surface area contributed by atoms with Crippen molar-refractivity contribution >= 4 is 23.2 Å². The Balaban J connectivity index is 2.00. The maximum absolute atomic E-state index is 2.42. The summed E-state index contributed by atoms with van der Waals surface area (Å²) < 4.78 is 0. The van der Waals surface area contributed by atoms with Crippen molar-refractivity contribution in [1.82, 2.24) is 0 Å². The summed E-state index contributed by atoms with van der Waals surface area (Å²) in [5.41, 5.74) is 5.91. The summed E-state index contributed by atoms with van der Waals surface area (Å²) in [6.45, 7) is 20.7. The van der Waals surface area contributed by atoms with Gasteiger partial charge >= 0.3 is 0 Å². The Kier molecular flexibility index (Phi) is 7.80. The van der Waals surface area contributed by atoms with Crippen LogP contribution < -0.4 is 15.9 Å². The van der Waals surface area contributed by atoms with Crippen molar-refractivity contribution in [2.75, 3.05) is 0 Å². The molecule has 0 saturated heterocycles. The molecular weight excluding hydrogens is 475 g/mol. The standard InChI is InChI=1S/C37H46P/c1-35(2,3)29-15-21-32(22-16-29)38(27-28-13-11-10-12-14-28,33-23-17-30(18-24-33)36(4,5)6)34-25-19-31(20-26-34)37(7,8)9/h10-26H,27H2,1-9H3/q+1. The van der Waals surface area contributed by atoms with E-state index >= 15 is 0 Å². The van der Waals surface area contributed by atoms with Crippen LogP contribution in [-0.4, -0.2) is 0 Å². The summed E-state index contributed by atoms with van der Waals surface area (Å²) in [6, 6.07) is 39.8. The van der Waals surface area contributed by atoms with E-state index < -0.39 is 7.26 Å². The molecule has 0 radical (unpaired) electrons. The van der Waals surface area contributed by atoms with Gasteiger partial charge in [0.05, 0.1) is 6.16 Å². The fourth-order valence-corrected chi connectivity index (χ4v) is 9.40. The largest absolute Gasteiger partial charge is 0.116 e. The van der Waals surface area contributed by atoms with Crippen molar-refractivity contribution in [2.24, 2.45) is 0 Å². The number of rotatable bonds is 5. The van der Waals surface area contributed by atoms with Gasteiger partial charge in [0.1, 0.15) is 23.2 Å². The summed E-state index contributed by atoms with van der Waals surface area (Å²) in [6.07, 6.45) is 1.01. The second-order valence-electron chi connectivity index (χ2n) is 13.8. The van der Waals surface area contributed by atoms with E-state index in [0.29, 0.717) is 0 Å². The molecule has 0 aliphatic carbocycles. The van der Waals surface area contributed by atoms with E-state index in [-0.39, 0.29) is 16.2 Å². The average molecular weight is 522 g/mol. The lowest BCUT2D eigenvalue weighted by Crippen LogP contribution is -2.33. The van der Waals surface area contributed by atoms with Crippen molar-refractivity contribution < 1.29 is 0 Å². The zero-order valence-corrected chi connectivity index (χ0v) is 25.9. The number of benzene rings is 4. The van der Waals surface area contributed by atoms with Crippen LogP contribution in [-0.2, 0) is 22.4 Å². The van der Waals surface area contributed by atoms with Crippen LogP contribution >= 0.6 is 7.26 Å². The van der Waals surface area contributed by atoms with Crippen LogP contribution in [0.2, 0.25) is 0 Å². The molecule has 0 bridgehead atoms. The molecule has 4 aromatic rings. The van der Waals surface area contributed by atoms with Crippen LogP contribution in [0.1, 0.15) is 84.6 Å². The van der Waals surface area contributed by atoms with Crippen LogP contribution in [0.4, 0.5) is 0 Å². The first-order valence-corrected chi connectivity index (χ1v) is 15.9. The Hall–Kier alpha value is -2.69. The van der Waals surface area contributed by atoms with Gasteiger partial charge in [0, 0.05) is 0 Å². The van der Waals surface area contributed by atoms with Gasteiger partial charge in [0.15, 0.2) is 0 Å². The van der Waals surface area contributed by atoms with E-state index in [1.165, 1.54) is 38.2 Å². The van der Waals surface area contributed by atoms with Crippen LogP contribution in [0.3, 0.4) is 0 Å². The van der Waals surface area contributed by atoms with Gasteiger partial charge in [0.2, 0.25) is 0 Å². The lowest BCUT2D eigenvalue weighted by molar-refractivity contribution is 0.590. The Morgan fingerprint density at radius 1 is 0.395 bits per heavy atom. The number of hydrogen-bond acceptors (Lipinski definition) is 0. The van der Waals surface area contributed by atoms with Gasteiger partial charge in [-0.15, -0.1) is 0 Å². The monoisotopic (exact) mass is 521 g/mol. The smallest absolute Gasteiger partial charge is 0.0622 e. The molecule has 0 amide bonds. The highest BCUT2D eigenvalue weighted by Gasteiger charge is 2.46. The first-order chi connectivity index (χ1) is 17.7. The van der Waals surface area contributed by atoms with E-state index in [2.05, 4.69) is 165 Å². The van der Waals surface area contributed by atoms with Gasteiger partial charge < -0.3 is 0 Å². The molecule has 0 atom stereocenters. The molecule has 38 heavy (non-hydrogen) atoms. The van der Waals surface area contributed by atoms with E-state index in [4.69, 9.17) is 0 Å². The third-order valence-corrected chi connectivity index (χ3v) is 12.2. The van der Waals surface area contributed by atoms with Crippen LogP contribution in [0.25, 0.3) is 0 Å². The van der Waals surface area contributed by atoms with Crippen molar-refractivity contribution in [3.63, 3.8) is 0 Å². The quantitative estimate of drug-likeness (QED) is 0.230. The Morgan fingerprint density at radius 2 is 0.684 bits per heavy atom. The highest BCUT2D eigenvalue weighted by atomic mass is 31.2. The normalized spacial score (nSPS) is 13.0. The Morgan fingerprint density at radius 3 is 0.947 bits per heavy atom. The van der Waals surface area contributed by atoms with Gasteiger partial charge in [-0.05, 0) is 74.9 Å². The Labute approximate surface area is 232 Å². The molecule has 0 nitrogen and oxygen atoms in total. The van der Waals surface area contributed by atoms with E-state index in [9.17, 15) is 0 Å². The molecule has 0 aliphatic heterocycles. The first-order valence-electron chi connectivity index (χ1n) is 14.0. The molecule has 0 N–H and O–H groups in total. The average Bonchev–Trinajstić information content (AvgIpc) is 2.87. The molecule has 4 aromatic carbocycles. The molecule has 0 aromatic heterocycles. The second kappa shape index (κ2) is 10.5. The zero-order chi connectivity index (χ0) is 27.8. The van der Waals surface area contributed by atoms with E-state index in [1.54, 1.807) is 0 Å². The maximum Gasteiger partial charge on any atom is 0.116 e. The summed E-state index contributed by atoms with van der Waals surface area (Å²) in [4.78, 5) is 0. The SMILES string of the molecule is CC(C)(C)c1ccc([P+](Cc2ccccc2)(c2ccc(C(C)(C)C)cc2)c2ccc(C(C)(C)C)cc2)cc1. The van der Waals surface area contributed by atoms with Crippen molar-refractivity contribution in [2.45, 2.75) is 84.7 Å². The molecule has 0 fully saturated rings. The molecule has 0 unspecified atom stereocenters. The van der Waals surface area contributed by atoms with E-state index in [1.807, 2.05) is 0 Å². The summed E-state index contributed by atoms with van der Waals surface area (Å²) >= 11 is 0. The third kappa shape index (κ3) is 5.97. The fourth-order valence-electron chi connectivity index (χ4n) is 5.23. The minimum absolute atomic E-state index is 0.127. The first kappa shape index (κ1) is 28.3. The third-order valence-electron chi connectivity index (χ3n) is 7.78. The molecule has 0 saturated carbocycles. The molecule has 1 heteroatoms. The molecule has 0 aliphatic rings. The molecule has 198 valence electrons. The summed E-state index contributed by atoms with van der Waals surface area (Å²) in [5, 5.41) is 4.34. The molecular formula is C37H46P+. The fraction of sp³-hybridized carbons (Fsp3) is 0.351. The highest BCUT2D eigenvalue weighted by Crippen LogP contribution is 2.58. The van der Waals surface area contributed by atoms with Crippen LogP contribution in [0.15, 0.2) is 103 Å². The number of hydrogen-bond donors (Lipinski definition) is 0. The van der Waals surface area contributed by atoms with Crippen molar-refractivity contribution in [3.8, 4) is 0 Å². The minimum atomic E-state index is -1.99. The Bertz CT molecular complexity index is 1180. The van der Waals surface area contributed by atoms with Crippen LogP contribution in [0.5, 0.6) is 0 Å². The summed E-state index contributed by atoms with van der Waals surface area (Å²) in [7, 11) is -1.99. The molecule has 4 rings (SSSR count). The topological polar surface area (TPSA) is 0 Å². The maximum atomic E-state index is 2.42. The van der Waals surface area contributed by atoms with E-state index in [0.717, 1.165) is 6.16 Å². The van der Waals surface area contributed by atoms with Gasteiger partial charge in [-0.1, -0.05) is 129 Å². The summed E-state index contributed by atoms with van der Waals surface area (Å²) in [5.74, 6) is 0. The lowest BCUT2D eigenvalue weighted by atomic mass is 9.87. The van der Waals surface area contributed by atoms with Gasteiger partial charge in [0.25, 0.3) is 0 Å². The van der Waals surface area contributed by atoms with Crippen molar-refractivity contribution in [1.29, 1.82) is 0 Å². The van der Waals surface area contributed by atoms with Gasteiger partial charge in [-0.3, -0.25) is 0 Å². The molecule has 0 spiro atoms.